The number of hydrogen-bond donors (Lipinski definition) is 2. The van der Waals surface area contributed by atoms with Crippen LogP contribution in [0.2, 0.25) is 0 Å². The molecule has 1 radical (unpaired) electrons. The summed E-state index contributed by atoms with van der Waals surface area (Å²) in [6.45, 7) is 0. The molecule has 4 heteroatoms. The number of imidazole rings is 1. The number of aromatic nitrogens is 2. The van der Waals surface area contributed by atoms with Crippen molar-refractivity contribution in [1.82, 2.24) is 9.97 Å². The maximum atomic E-state index is 9.94. The summed E-state index contributed by atoms with van der Waals surface area (Å²) in [7, 11) is 0. The van der Waals surface area contributed by atoms with Gasteiger partial charge in [-0.25, -0.2) is 4.98 Å². The summed E-state index contributed by atoms with van der Waals surface area (Å²) in [6.07, 6.45) is 5.38. The van der Waals surface area contributed by atoms with Crippen molar-refractivity contribution in [3.05, 3.63) is 18.2 Å². The standard InChI is InChI=1S/C6H8N3O/c7-5(3-10)1-6-2-8-4-9-6/h2,4-5H,1,7H2,(H,8,9). The molecule has 0 aliphatic heterocycles. The van der Waals surface area contributed by atoms with Gasteiger partial charge < -0.3 is 10.7 Å². The first kappa shape index (κ1) is 6.95. The second-order valence-electron chi connectivity index (χ2n) is 1.99. The Labute approximate surface area is 58.5 Å². The molecule has 1 rings (SSSR count). The summed E-state index contributed by atoms with van der Waals surface area (Å²) in [5.74, 6) is 0. The summed E-state index contributed by atoms with van der Waals surface area (Å²) in [6, 6.07) is -0.553. The zero-order valence-electron chi connectivity index (χ0n) is 5.37. The summed E-state index contributed by atoms with van der Waals surface area (Å²) in [5.41, 5.74) is 6.07. The van der Waals surface area contributed by atoms with Gasteiger partial charge in [-0.15, -0.1) is 0 Å². The molecule has 0 aromatic carbocycles. The van der Waals surface area contributed by atoms with Crippen molar-refractivity contribution in [2.45, 2.75) is 12.5 Å². The number of aromatic amines is 1. The average Bonchev–Trinajstić information content (AvgIpc) is 2.40. The van der Waals surface area contributed by atoms with E-state index in [-0.39, 0.29) is 0 Å². The van der Waals surface area contributed by atoms with Crippen LogP contribution in [-0.2, 0) is 11.2 Å². The smallest absolute Gasteiger partial charge is 0.217 e. The predicted molar refractivity (Wildman–Crippen MR) is 36.0 cm³/mol. The molecule has 0 amide bonds. The number of nitrogens with one attached hydrogen (secondary N) is 1. The van der Waals surface area contributed by atoms with Gasteiger partial charge in [0.1, 0.15) is 0 Å². The highest BCUT2D eigenvalue weighted by atomic mass is 16.1. The van der Waals surface area contributed by atoms with E-state index >= 15 is 0 Å². The average molecular weight is 138 g/mol. The lowest BCUT2D eigenvalue weighted by atomic mass is 10.2. The molecule has 1 atom stereocenters. The van der Waals surface area contributed by atoms with Crippen molar-refractivity contribution < 1.29 is 4.79 Å². The normalized spacial score (nSPS) is 12.9. The van der Waals surface area contributed by atoms with E-state index in [9.17, 15) is 4.79 Å². The Morgan fingerprint density at radius 1 is 1.90 bits per heavy atom. The van der Waals surface area contributed by atoms with E-state index in [0.29, 0.717) is 6.42 Å². The molecular formula is C6H8N3O. The van der Waals surface area contributed by atoms with Crippen molar-refractivity contribution >= 4 is 6.29 Å². The monoisotopic (exact) mass is 138 g/mol. The Morgan fingerprint density at radius 3 is 3.20 bits per heavy atom. The van der Waals surface area contributed by atoms with E-state index in [1.165, 1.54) is 0 Å². The van der Waals surface area contributed by atoms with Crippen molar-refractivity contribution in [2.24, 2.45) is 5.73 Å². The first-order valence-electron chi connectivity index (χ1n) is 2.94. The van der Waals surface area contributed by atoms with Gasteiger partial charge in [0.15, 0.2) is 0 Å². The molecule has 0 saturated carbocycles. The van der Waals surface area contributed by atoms with Gasteiger partial charge in [0.25, 0.3) is 0 Å². The Morgan fingerprint density at radius 2 is 2.70 bits per heavy atom. The lowest BCUT2D eigenvalue weighted by Crippen LogP contribution is -2.24. The van der Waals surface area contributed by atoms with Crippen molar-refractivity contribution in [3.8, 4) is 0 Å². The van der Waals surface area contributed by atoms with Gasteiger partial charge in [-0.1, -0.05) is 0 Å². The molecule has 4 nitrogen and oxygen atoms in total. The predicted octanol–water partition coefficient (Wildman–Crippen LogP) is -0.611. The summed E-state index contributed by atoms with van der Waals surface area (Å²) < 4.78 is 0. The largest absolute Gasteiger partial charge is 0.351 e. The second-order valence-corrected chi connectivity index (χ2v) is 1.99. The number of nitrogens with two attached hydrogens (primary N) is 1. The molecule has 0 bridgehead atoms. The SMILES string of the molecule is NC([C]=O)Cc1c[nH]cn1. The number of carbonyl (C=O) groups excluding carboxylic acids is 1. The highest BCUT2D eigenvalue weighted by Crippen LogP contribution is 1.93. The molecule has 53 valence electrons. The zero-order valence-corrected chi connectivity index (χ0v) is 5.37. The highest BCUT2D eigenvalue weighted by molar-refractivity contribution is 5.58. The Kier molecular flexibility index (Phi) is 2.17. The third-order valence-electron chi connectivity index (χ3n) is 1.14. The molecule has 0 aliphatic carbocycles. The molecule has 1 aromatic heterocycles. The van der Waals surface area contributed by atoms with Crippen LogP contribution in [0.25, 0.3) is 0 Å². The van der Waals surface area contributed by atoms with E-state index in [1.54, 1.807) is 18.8 Å². The molecule has 1 unspecified atom stereocenters. The third kappa shape index (κ3) is 1.66. The molecule has 3 N–H and O–H groups in total. The Bertz CT molecular complexity index is 195. The van der Waals surface area contributed by atoms with E-state index in [0.717, 1.165) is 5.69 Å². The van der Waals surface area contributed by atoms with Crippen molar-refractivity contribution in [3.63, 3.8) is 0 Å². The van der Waals surface area contributed by atoms with E-state index in [4.69, 9.17) is 5.73 Å². The number of nitrogens with zero attached hydrogens (tertiary/aromatic N) is 1. The second kappa shape index (κ2) is 3.12. The molecular weight excluding hydrogens is 130 g/mol. The van der Waals surface area contributed by atoms with Crippen LogP contribution in [0, 0.1) is 0 Å². The van der Waals surface area contributed by atoms with Crippen LogP contribution >= 0.6 is 0 Å². The lowest BCUT2D eigenvalue weighted by molar-refractivity contribution is 0.540. The van der Waals surface area contributed by atoms with Gasteiger partial charge in [-0.2, -0.15) is 0 Å². The molecule has 10 heavy (non-hydrogen) atoms. The number of hydrogen-bond acceptors (Lipinski definition) is 3. The van der Waals surface area contributed by atoms with Crippen molar-refractivity contribution in [2.75, 3.05) is 0 Å². The molecule has 0 saturated heterocycles. The Hall–Kier alpha value is -1.16. The first-order valence-corrected chi connectivity index (χ1v) is 2.94. The fourth-order valence-corrected chi connectivity index (χ4v) is 0.670. The van der Waals surface area contributed by atoms with Gasteiger partial charge in [0, 0.05) is 12.6 Å². The van der Waals surface area contributed by atoms with Crippen LogP contribution in [0.3, 0.4) is 0 Å². The lowest BCUT2D eigenvalue weighted by Gasteiger charge is -1.96. The maximum absolute atomic E-state index is 9.94. The molecule has 0 fully saturated rings. The minimum atomic E-state index is -0.553. The molecule has 1 aromatic rings. The number of rotatable bonds is 3. The summed E-state index contributed by atoms with van der Waals surface area (Å²) in [4.78, 5) is 16.6. The molecule has 0 aliphatic rings. The quantitative estimate of drug-likeness (QED) is 0.585. The van der Waals surface area contributed by atoms with E-state index < -0.39 is 6.04 Å². The van der Waals surface area contributed by atoms with Gasteiger partial charge in [0.2, 0.25) is 6.29 Å². The Balaban J connectivity index is 2.47. The van der Waals surface area contributed by atoms with Crippen LogP contribution in [0.1, 0.15) is 5.69 Å². The number of H-pyrrole nitrogens is 1. The fourth-order valence-electron chi connectivity index (χ4n) is 0.670. The van der Waals surface area contributed by atoms with Gasteiger partial charge in [-0.05, 0) is 0 Å². The minimum absolute atomic E-state index is 0.451. The molecule has 1 heterocycles. The van der Waals surface area contributed by atoms with Crippen LogP contribution in [0.5, 0.6) is 0 Å². The van der Waals surface area contributed by atoms with Crippen LogP contribution in [0.4, 0.5) is 0 Å². The topological polar surface area (TPSA) is 71.8 Å². The fraction of sp³-hybridized carbons (Fsp3) is 0.333. The van der Waals surface area contributed by atoms with Crippen LogP contribution < -0.4 is 5.73 Å². The van der Waals surface area contributed by atoms with Gasteiger partial charge in [0.05, 0.1) is 18.1 Å². The van der Waals surface area contributed by atoms with E-state index in [1.807, 2.05) is 0 Å². The highest BCUT2D eigenvalue weighted by Gasteiger charge is 2.03. The molecule has 0 spiro atoms. The van der Waals surface area contributed by atoms with Crippen LogP contribution in [-0.4, -0.2) is 22.3 Å². The zero-order chi connectivity index (χ0) is 7.40. The van der Waals surface area contributed by atoms with Crippen LogP contribution in [0.15, 0.2) is 12.5 Å². The summed E-state index contributed by atoms with van der Waals surface area (Å²) >= 11 is 0. The maximum Gasteiger partial charge on any atom is 0.217 e. The third-order valence-corrected chi connectivity index (χ3v) is 1.14. The van der Waals surface area contributed by atoms with Gasteiger partial charge in [-0.3, -0.25) is 4.79 Å². The van der Waals surface area contributed by atoms with Crippen molar-refractivity contribution in [1.29, 1.82) is 0 Å². The summed E-state index contributed by atoms with van der Waals surface area (Å²) in [5, 5.41) is 0. The van der Waals surface area contributed by atoms with E-state index in [2.05, 4.69) is 9.97 Å². The first-order chi connectivity index (χ1) is 4.83. The minimum Gasteiger partial charge on any atom is -0.351 e. The van der Waals surface area contributed by atoms with Gasteiger partial charge >= 0.3 is 0 Å².